The van der Waals surface area contributed by atoms with E-state index >= 15 is 0 Å². The minimum Gasteiger partial charge on any atom is -0.485 e. The molecule has 0 aromatic heterocycles. The maximum Gasteiger partial charge on any atom is 0.167 e. The summed E-state index contributed by atoms with van der Waals surface area (Å²) >= 11 is 0. The first-order valence-electron chi connectivity index (χ1n) is 6.38. The van der Waals surface area contributed by atoms with E-state index in [1.165, 1.54) is 0 Å². The van der Waals surface area contributed by atoms with Crippen LogP contribution in [0.15, 0.2) is 18.2 Å². The summed E-state index contributed by atoms with van der Waals surface area (Å²) in [6.45, 7) is 4.33. The van der Waals surface area contributed by atoms with Crippen LogP contribution in [0.3, 0.4) is 0 Å². The Hall–Kier alpha value is -1.13. The third-order valence-electron chi connectivity index (χ3n) is 3.41. The molecule has 0 bridgehead atoms. The molecule has 1 saturated carbocycles. The quantitative estimate of drug-likeness (QED) is 0.873. The Kier molecular flexibility index (Phi) is 4.19. The standard InChI is InChI=1S/C14H20FNO2/c1-4-17-14-10(16-3)8-12(14)18-11-7-5-6-9(2)13(11)15/h5-7,10,12,14,16H,4,8H2,1-3H3. The molecule has 1 aliphatic rings. The van der Waals surface area contributed by atoms with Gasteiger partial charge in [-0.05, 0) is 32.5 Å². The molecule has 1 fully saturated rings. The van der Waals surface area contributed by atoms with Crippen molar-refractivity contribution in [3.05, 3.63) is 29.6 Å². The molecule has 0 aliphatic heterocycles. The van der Waals surface area contributed by atoms with E-state index in [0.717, 1.165) is 6.42 Å². The largest absolute Gasteiger partial charge is 0.485 e. The third-order valence-corrected chi connectivity index (χ3v) is 3.41. The molecule has 1 N–H and O–H groups in total. The average molecular weight is 253 g/mol. The van der Waals surface area contributed by atoms with Crippen molar-refractivity contribution < 1.29 is 13.9 Å². The molecular formula is C14H20FNO2. The van der Waals surface area contributed by atoms with Gasteiger partial charge in [-0.2, -0.15) is 0 Å². The second kappa shape index (κ2) is 5.67. The van der Waals surface area contributed by atoms with Crippen molar-refractivity contribution in [3.63, 3.8) is 0 Å². The number of hydrogen-bond donors (Lipinski definition) is 1. The molecule has 0 saturated heterocycles. The number of aryl methyl sites for hydroxylation is 1. The Bertz CT molecular complexity index is 411. The van der Waals surface area contributed by atoms with E-state index in [1.807, 2.05) is 14.0 Å². The highest BCUT2D eigenvalue weighted by atomic mass is 19.1. The van der Waals surface area contributed by atoms with Gasteiger partial charge in [0.05, 0.1) is 0 Å². The number of nitrogens with one attached hydrogen (secondary N) is 1. The van der Waals surface area contributed by atoms with Crippen LogP contribution < -0.4 is 10.1 Å². The van der Waals surface area contributed by atoms with Crippen molar-refractivity contribution in [2.45, 2.75) is 38.5 Å². The summed E-state index contributed by atoms with van der Waals surface area (Å²) in [5.41, 5.74) is 0.602. The molecule has 0 radical (unpaired) electrons. The van der Waals surface area contributed by atoms with Crippen LogP contribution in [0.1, 0.15) is 18.9 Å². The summed E-state index contributed by atoms with van der Waals surface area (Å²) in [5.74, 6) is 0.0416. The van der Waals surface area contributed by atoms with Gasteiger partial charge in [-0.1, -0.05) is 12.1 Å². The van der Waals surface area contributed by atoms with Gasteiger partial charge in [0.2, 0.25) is 0 Å². The molecular weight excluding hydrogens is 233 g/mol. The number of benzene rings is 1. The molecule has 1 aromatic rings. The summed E-state index contributed by atoms with van der Waals surface area (Å²) in [4.78, 5) is 0. The minimum absolute atomic E-state index is 0.0000813. The highest BCUT2D eigenvalue weighted by molar-refractivity contribution is 5.30. The third kappa shape index (κ3) is 2.49. The van der Waals surface area contributed by atoms with E-state index in [1.54, 1.807) is 25.1 Å². The number of ether oxygens (including phenoxy) is 2. The Balaban J connectivity index is 2.03. The second-order valence-corrected chi connectivity index (χ2v) is 4.59. The van der Waals surface area contributed by atoms with E-state index in [2.05, 4.69) is 5.32 Å². The average Bonchev–Trinajstić information content (AvgIpc) is 2.36. The molecule has 3 unspecified atom stereocenters. The van der Waals surface area contributed by atoms with Crippen LogP contribution in [0.2, 0.25) is 0 Å². The Morgan fingerprint density at radius 2 is 2.22 bits per heavy atom. The first-order chi connectivity index (χ1) is 8.67. The molecule has 100 valence electrons. The van der Waals surface area contributed by atoms with Crippen molar-refractivity contribution in [3.8, 4) is 5.75 Å². The first-order valence-corrected chi connectivity index (χ1v) is 6.38. The van der Waals surface area contributed by atoms with E-state index in [-0.39, 0.29) is 18.0 Å². The van der Waals surface area contributed by atoms with E-state index < -0.39 is 0 Å². The summed E-state index contributed by atoms with van der Waals surface area (Å²) in [5, 5.41) is 3.18. The summed E-state index contributed by atoms with van der Waals surface area (Å²) in [6, 6.07) is 5.50. The lowest BCUT2D eigenvalue weighted by atomic mass is 9.85. The minimum atomic E-state index is -0.277. The van der Waals surface area contributed by atoms with Gasteiger partial charge in [0.25, 0.3) is 0 Å². The second-order valence-electron chi connectivity index (χ2n) is 4.59. The Labute approximate surface area is 107 Å². The topological polar surface area (TPSA) is 30.5 Å². The van der Waals surface area contributed by atoms with Crippen molar-refractivity contribution in [1.29, 1.82) is 0 Å². The predicted molar refractivity (Wildman–Crippen MR) is 68.4 cm³/mol. The predicted octanol–water partition coefficient (Wildman–Crippen LogP) is 2.28. The summed E-state index contributed by atoms with van der Waals surface area (Å²) < 4.78 is 25.2. The zero-order valence-electron chi connectivity index (χ0n) is 11.1. The van der Waals surface area contributed by atoms with E-state index in [0.29, 0.717) is 24.0 Å². The number of hydrogen-bond acceptors (Lipinski definition) is 3. The first kappa shape index (κ1) is 13.3. The zero-order valence-corrected chi connectivity index (χ0v) is 11.1. The van der Waals surface area contributed by atoms with Crippen molar-refractivity contribution in [1.82, 2.24) is 5.32 Å². The summed E-state index contributed by atoms with van der Waals surface area (Å²) in [6.07, 6.45) is 0.771. The van der Waals surface area contributed by atoms with Crippen LogP contribution >= 0.6 is 0 Å². The Morgan fingerprint density at radius 1 is 1.44 bits per heavy atom. The molecule has 0 spiro atoms. The molecule has 3 atom stereocenters. The fourth-order valence-electron chi connectivity index (χ4n) is 2.27. The molecule has 4 heteroatoms. The highest BCUT2D eigenvalue weighted by Gasteiger charge is 2.43. The maximum atomic E-state index is 13.8. The van der Waals surface area contributed by atoms with Crippen molar-refractivity contribution in [2.24, 2.45) is 0 Å². The van der Waals surface area contributed by atoms with Crippen LogP contribution in [0.25, 0.3) is 0 Å². The lowest BCUT2D eigenvalue weighted by molar-refractivity contribution is -0.104. The maximum absolute atomic E-state index is 13.8. The van der Waals surface area contributed by atoms with Gasteiger partial charge in [-0.25, -0.2) is 4.39 Å². The van der Waals surface area contributed by atoms with Crippen LogP contribution in [0.4, 0.5) is 4.39 Å². The van der Waals surface area contributed by atoms with Gasteiger partial charge < -0.3 is 14.8 Å². The van der Waals surface area contributed by atoms with Gasteiger partial charge in [0.15, 0.2) is 11.6 Å². The monoisotopic (exact) mass is 253 g/mol. The van der Waals surface area contributed by atoms with Crippen LogP contribution in [0, 0.1) is 12.7 Å². The fourth-order valence-corrected chi connectivity index (χ4v) is 2.27. The van der Waals surface area contributed by atoms with E-state index in [9.17, 15) is 4.39 Å². The smallest absolute Gasteiger partial charge is 0.167 e. The van der Waals surface area contributed by atoms with Crippen molar-refractivity contribution >= 4 is 0 Å². The van der Waals surface area contributed by atoms with Crippen LogP contribution in [0.5, 0.6) is 5.75 Å². The molecule has 18 heavy (non-hydrogen) atoms. The van der Waals surface area contributed by atoms with Gasteiger partial charge >= 0.3 is 0 Å². The lowest BCUT2D eigenvalue weighted by Crippen LogP contribution is -2.60. The van der Waals surface area contributed by atoms with E-state index in [4.69, 9.17) is 9.47 Å². The number of halogens is 1. The molecule has 2 rings (SSSR count). The zero-order chi connectivity index (χ0) is 13.1. The van der Waals surface area contributed by atoms with Gasteiger partial charge in [0, 0.05) is 19.1 Å². The SMILES string of the molecule is CCOC1C(NC)CC1Oc1cccc(C)c1F. The normalized spacial score (nSPS) is 26.8. The van der Waals surface area contributed by atoms with Crippen molar-refractivity contribution in [2.75, 3.05) is 13.7 Å². The lowest BCUT2D eigenvalue weighted by Gasteiger charge is -2.43. The Morgan fingerprint density at radius 3 is 2.89 bits per heavy atom. The van der Waals surface area contributed by atoms with Crippen LogP contribution in [-0.2, 0) is 4.74 Å². The molecule has 0 amide bonds. The molecule has 1 aliphatic carbocycles. The van der Waals surface area contributed by atoms with Crippen LogP contribution in [-0.4, -0.2) is 31.9 Å². The van der Waals surface area contributed by atoms with Gasteiger partial charge in [-0.3, -0.25) is 0 Å². The molecule has 0 heterocycles. The van der Waals surface area contributed by atoms with Gasteiger partial charge in [-0.15, -0.1) is 0 Å². The number of rotatable bonds is 5. The number of likely N-dealkylation sites (N-methyl/N-ethyl adjacent to an activating group) is 1. The summed E-state index contributed by atoms with van der Waals surface area (Å²) in [7, 11) is 1.90. The highest BCUT2D eigenvalue weighted by Crippen LogP contribution is 2.30. The fraction of sp³-hybridized carbons (Fsp3) is 0.571. The molecule has 1 aromatic carbocycles. The molecule has 3 nitrogen and oxygen atoms in total. The van der Waals surface area contributed by atoms with Gasteiger partial charge in [0.1, 0.15) is 12.2 Å².